The lowest BCUT2D eigenvalue weighted by Crippen LogP contribution is -2.25. The molecule has 25 heavy (non-hydrogen) atoms. The van der Waals surface area contributed by atoms with Gasteiger partial charge in [-0.2, -0.15) is 5.10 Å². The van der Waals surface area contributed by atoms with Gasteiger partial charge < -0.3 is 4.74 Å². The average Bonchev–Trinajstić information content (AvgIpc) is 2.59. The van der Waals surface area contributed by atoms with E-state index in [9.17, 15) is 4.79 Å². The molecular weight excluding hydrogens is 448 g/mol. The van der Waals surface area contributed by atoms with Crippen molar-refractivity contribution in [3.63, 3.8) is 0 Å². The minimum atomic E-state index is -0.311. The highest BCUT2D eigenvalue weighted by Gasteiger charge is 2.17. The monoisotopic (exact) mass is 466 g/mol. The SMILES string of the molecule is Cc1c(Br)cc(C(C)C)c(OCC(=O)N/N=C/c2ccccc2)c1Br. The fraction of sp³-hybridized carbons (Fsp3) is 0.263. The van der Waals surface area contributed by atoms with Gasteiger partial charge in [-0.3, -0.25) is 4.79 Å². The van der Waals surface area contributed by atoms with Crippen LogP contribution in [-0.2, 0) is 4.79 Å². The Hall–Kier alpha value is -1.66. The van der Waals surface area contributed by atoms with Crippen LogP contribution < -0.4 is 10.2 Å². The average molecular weight is 468 g/mol. The lowest BCUT2D eigenvalue weighted by atomic mass is 10.0. The van der Waals surface area contributed by atoms with E-state index in [0.717, 1.165) is 25.6 Å². The van der Waals surface area contributed by atoms with Crippen molar-refractivity contribution >= 4 is 44.0 Å². The molecule has 2 aromatic rings. The third-order valence-corrected chi connectivity index (χ3v) is 5.38. The van der Waals surface area contributed by atoms with Gasteiger partial charge >= 0.3 is 0 Å². The first kappa shape index (κ1) is 19.7. The molecule has 6 heteroatoms. The molecule has 1 amide bonds. The lowest BCUT2D eigenvalue weighted by Gasteiger charge is -2.18. The van der Waals surface area contributed by atoms with E-state index >= 15 is 0 Å². The second-order valence-electron chi connectivity index (χ2n) is 5.86. The van der Waals surface area contributed by atoms with E-state index in [1.54, 1.807) is 6.21 Å². The second kappa shape index (κ2) is 9.15. The number of carbonyl (C=O) groups excluding carboxylic acids is 1. The van der Waals surface area contributed by atoms with Crippen molar-refractivity contribution in [2.24, 2.45) is 5.10 Å². The number of carbonyl (C=O) groups is 1. The number of hydrogen-bond acceptors (Lipinski definition) is 3. The molecule has 0 aliphatic carbocycles. The van der Waals surface area contributed by atoms with Gasteiger partial charge in [-0.1, -0.05) is 60.1 Å². The summed E-state index contributed by atoms with van der Waals surface area (Å²) in [5, 5.41) is 3.94. The van der Waals surface area contributed by atoms with Gasteiger partial charge in [0.05, 0.1) is 10.7 Å². The van der Waals surface area contributed by atoms with E-state index in [4.69, 9.17) is 4.74 Å². The molecule has 4 nitrogen and oxygen atoms in total. The Morgan fingerprint density at radius 2 is 1.96 bits per heavy atom. The van der Waals surface area contributed by atoms with Crippen LogP contribution in [-0.4, -0.2) is 18.7 Å². The molecule has 2 rings (SSSR count). The Labute approximate surface area is 164 Å². The molecule has 0 bridgehead atoms. The van der Waals surface area contributed by atoms with E-state index in [0.29, 0.717) is 5.75 Å². The topological polar surface area (TPSA) is 50.7 Å². The van der Waals surface area contributed by atoms with Crippen LogP contribution >= 0.6 is 31.9 Å². The van der Waals surface area contributed by atoms with Gasteiger partial charge in [0.25, 0.3) is 5.91 Å². The van der Waals surface area contributed by atoms with Crippen LogP contribution in [0.3, 0.4) is 0 Å². The highest BCUT2D eigenvalue weighted by Crippen LogP contribution is 2.40. The summed E-state index contributed by atoms with van der Waals surface area (Å²) in [6, 6.07) is 11.6. The van der Waals surface area contributed by atoms with E-state index in [2.05, 4.69) is 56.2 Å². The van der Waals surface area contributed by atoms with Gasteiger partial charge in [0.2, 0.25) is 0 Å². The van der Waals surface area contributed by atoms with Gasteiger partial charge in [-0.05, 0) is 51.5 Å². The van der Waals surface area contributed by atoms with Crippen LogP contribution in [0.15, 0.2) is 50.4 Å². The summed E-state index contributed by atoms with van der Waals surface area (Å²) in [5.74, 6) is 0.648. The van der Waals surface area contributed by atoms with Crippen molar-refractivity contribution in [2.75, 3.05) is 6.61 Å². The first-order valence-corrected chi connectivity index (χ1v) is 9.47. The van der Waals surface area contributed by atoms with Gasteiger partial charge in [-0.25, -0.2) is 5.43 Å². The first-order chi connectivity index (χ1) is 11.9. The van der Waals surface area contributed by atoms with Gasteiger partial charge in [0.15, 0.2) is 6.61 Å². The molecule has 0 aliphatic heterocycles. The maximum atomic E-state index is 12.0. The van der Waals surface area contributed by atoms with E-state index in [1.807, 2.05) is 43.3 Å². The van der Waals surface area contributed by atoms with E-state index in [-0.39, 0.29) is 18.4 Å². The molecule has 132 valence electrons. The largest absolute Gasteiger partial charge is 0.482 e. The van der Waals surface area contributed by atoms with Crippen molar-refractivity contribution in [1.82, 2.24) is 5.43 Å². The first-order valence-electron chi connectivity index (χ1n) is 7.88. The Bertz CT molecular complexity index is 775. The summed E-state index contributed by atoms with van der Waals surface area (Å²) in [5.41, 5.74) is 5.45. The highest BCUT2D eigenvalue weighted by molar-refractivity contribution is 9.11. The third-order valence-electron chi connectivity index (χ3n) is 3.60. The maximum absolute atomic E-state index is 12.0. The van der Waals surface area contributed by atoms with Crippen LogP contribution in [0, 0.1) is 6.92 Å². The quantitative estimate of drug-likeness (QED) is 0.470. The van der Waals surface area contributed by atoms with Crippen LogP contribution in [0.4, 0.5) is 0 Å². The molecule has 0 spiro atoms. The van der Waals surface area contributed by atoms with Crippen LogP contribution in [0.5, 0.6) is 5.75 Å². The van der Waals surface area contributed by atoms with Crippen LogP contribution in [0.1, 0.15) is 36.5 Å². The summed E-state index contributed by atoms with van der Waals surface area (Å²) >= 11 is 7.12. The molecule has 0 saturated heterocycles. The normalized spacial score (nSPS) is 11.1. The number of hydrazone groups is 1. The number of benzene rings is 2. The molecule has 2 aromatic carbocycles. The lowest BCUT2D eigenvalue weighted by molar-refractivity contribution is -0.123. The fourth-order valence-electron chi connectivity index (χ4n) is 2.18. The Morgan fingerprint density at radius 3 is 2.60 bits per heavy atom. The van der Waals surface area contributed by atoms with E-state index < -0.39 is 0 Å². The molecule has 0 saturated carbocycles. The predicted molar refractivity (Wildman–Crippen MR) is 108 cm³/mol. The standard InChI is InChI=1S/C19H20Br2N2O2/c1-12(2)15-9-16(20)13(3)18(21)19(15)25-11-17(24)23-22-10-14-7-5-4-6-8-14/h4-10,12H,11H2,1-3H3,(H,23,24)/b22-10+. The third kappa shape index (κ3) is 5.41. The summed E-state index contributed by atoms with van der Waals surface area (Å²) in [6.07, 6.45) is 1.59. The number of hydrogen-bond donors (Lipinski definition) is 1. The zero-order chi connectivity index (χ0) is 18.4. The minimum absolute atomic E-state index is 0.106. The molecule has 0 unspecified atom stereocenters. The number of rotatable bonds is 6. The Kier molecular flexibility index (Phi) is 7.20. The highest BCUT2D eigenvalue weighted by atomic mass is 79.9. The molecule has 1 N–H and O–H groups in total. The Morgan fingerprint density at radius 1 is 1.28 bits per heavy atom. The molecule has 0 fully saturated rings. The van der Waals surface area contributed by atoms with Crippen molar-refractivity contribution in [3.8, 4) is 5.75 Å². The number of nitrogens with zero attached hydrogens (tertiary/aromatic N) is 1. The van der Waals surface area contributed by atoms with Gasteiger partial charge in [-0.15, -0.1) is 0 Å². The minimum Gasteiger partial charge on any atom is -0.482 e. The molecule has 0 radical (unpaired) electrons. The number of ether oxygens (including phenoxy) is 1. The molecule has 0 aliphatic rings. The molecule has 0 aromatic heterocycles. The summed E-state index contributed by atoms with van der Waals surface area (Å²) in [7, 11) is 0. The van der Waals surface area contributed by atoms with Crippen molar-refractivity contribution in [1.29, 1.82) is 0 Å². The van der Waals surface area contributed by atoms with Crippen molar-refractivity contribution < 1.29 is 9.53 Å². The fourth-order valence-corrected chi connectivity index (χ4v) is 3.44. The van der Waals surface area contributed by atoms with Crippen molar-refractivity contribution in [2.45, 2.75) is 26.7 Å². The zero-order valence-corrected chi connectivity index (χ0v) is 17.5. The van der Waals surface area contributed by atoms with Crippen LogP contribution in [0.2, 0.25) is 0 Å². The number of amides is 1. The predicted octanol–water partition coefficient (Wildman–Crippen LogP) is 5.17. The molecule has 0 atom stereocenters. The summed E-state index contributed by atoms with van der Waals surface area (Å²) in [4.78, 5) is 12.0. The molecular formula is C19H20Br2N2O2. The maximum Gasteiger partial charge on any atom is 0.277 e. The zero-order valence-electron chi connectivity index (χ0n) is 14.3. The Balaban J connectivity index is 2.02. The molecule has 0 heterocycles. The van der Waals surface area contributed by atoms with Crippen molar-refractivity contribution in [3.05, 3.63) is 62.0 Å². The smallest absolute Gasteiger partial charge is 0.277 e. The van der Waals surface area contributed by atoms with Gasteiger partial charge in [0.1, 0.15) is 5.75 Å². The van der Waals surface area contributed by atoms with E-state index in [1.165, 1.54) is 0 Å². The van der Waals surface area contributed by atoms with Crippen LogP contribution in [0.25, 0.3) is 0 Å². The summed E-state index contributed by atoms with van der Waals surface area (Å²) in [6.45, 7) is 6.04. The van der Waals surface area contributed by atoms with Gasteiger partial charge in [0, 0.05) is 4.47 Å². The number of halogens is 2. The number of nitrogens with one attached hydrogen (secondary N) is 1. The summed E-state index contributed by atoms with van der Waals surface area (Å²) < 4.78 is 7.64. The second-order valence-corrected chi connectivity index (χ2v) is 7.51.